The molecular weight excluding hydrogens is 222 g/mol. The second kappa shape index (κ2) is 5.36. The molecule has 0 fully saturated rings. The number of hydrogen-bond acceptors (Lipinski definition) is 2. The summed E-state index contributed by atoms with van der Waals surface area (Å²) in [5.41, 5.74) is 5.29. The number of rotatable bonds is 4. The molecule has 1 N–H and O–H groups in total. The van der Waals surface area contributed by atoms with Gasteiger partial charge < -0.3 is 9.88 Å². The minimum absolute atomic E-state index is 0.341. The van der Waals surface area contributed by atoms with Gasteiger partial charge in [0.15, 0.2) is 0 Å². The monoisotopic (exact) mass is 243 g/mol. The van der Waals surface area contributed by atoms with Crippen molar-refractivity contribution in [2.24, 2.45) is 7.05 Å². The molecule has 0 aliphatic rings. The smallest absolute Gasteiger partial charge is 0.0296 e. The Bertz CT molecular complexity index is 514. The van der Waals surface area contributed by atoms with Gasteiger partial charge in [-0.25, -0.2) is 0 Å². The molecule has 2 aromatic heterocycles. The highest BCUT2D eigenvalue weighted by Gasteiger charge is 2.08. The Hall–Kier alpha value is -1.61. The van der Waals surface area contributed by atoms with E-state index in [1.54, 1.807) is 0 Å². The lowest BCUT2D eigenvalue weighted by Crippen LogP contribution is -2.18. The summed E-state index contributed by atoms with van der Waals surface area (Å²) in [5.74, 6) is 0. The van der Waals surface area contributed by atoms with Gasteiger partial charge in [0.1, 0.15) is 0 Å². The summed E-state index contributed by atoms with van der Waals surface area (Å²) in [5, 5.41) is 3.56. The van der Waals surface area contributed by atoms with Gasteiger partial charge in [0.25, 0.3) is 0 Å². The van der Waals surface area contributed by atoms with Crippen LogP contribution in [-0.4, -0.2) is 9.55 Å². The van der Waals surface area contributed by atoms with Gasteiger partial charge in [-0.05, 0) is 50.1 Å². The third-order valence-corrected chi connectivity index (χ3v) is 3.68. The normalized spacial score (nSPS) is 12.7. The maximum Gasteiger partial charge on any atom is 0.0296 e. The van der Waals surface area contributed by atoms with E-state index >= 15 is 0 Å². The van der Waals surface area contributed by atoms with Crippen LogP contribution in [0.25, 0.3) is 0 Å². The van der Waals surface area contributed by atoms with Crippen molar-refractivity contribution in [1.82, 2.24) is 14.9 Å². The minimum atomic E-state index is 0.341. The van der Waals surface area contributed by atoms with E-state index in [2.05, 4.69) is 60.9 Å². The molecule has 2 heterocycles. The van der Waals surface area contributed by atoms with Gasteiger partial charge in [-0.1, -0.05) is 0 Å². The van der Waals surface area contributed by atoms with Crippen molar-refractivity contribution in [2.45, 2.75) is 33.4 Å². The summed E-state index contributed by atoms with van der Waals surface area (Å²) in [4.78, 5) is 4.04. The van der Waals surface area contributed by atoms with Crippen LogP contribution in [0.3, 0.4) is 0 Å². The SMILES string of the molecule is Cc1cc(CN[C@H](C)c2ccncc2)c(C)n1C. The van der Waals surface area contributed by atoms with Crippen LogP contribution in [-0.2, 0) is 13.6 Å². The highest BCUT2D eigenvalue weighted by molar-refractivity contribution is 5.26. The molecular formula is C15H21N3. The molecule has 0 saturated heterocycles. The summed E-state index contributed by atoms with van der Waals surface area (Å²) in [6.45, 7) is 7.39. The van der Waals surface area contributed by atoms with Crippen LogP contribution in [0.2, 0.25) is 0 Å². The molecule has 0 unspecified atom stereocenters. The number of aryl methyl sites for hydroxylation is 1. The third-order valence-electron chi connectivity index (χ3n) is 3.68. The van der Waals surface area contributed by atoms with Crippen molar-refractivity contribution >= 4 is 0 Å². The summed E-state index contributed by atoms with van der Waals surface area (Å²) in [6.07, 6.45) is 3.68. The zero-order chi connectivity index (χ0) is 13.1. The molecule has 0 aromatic carbocycles. The number of pyridine rings is 1. The lowest BCUT2D eigenvalue weighted by molar-refractivity contribution is 0.572. The molecule has 3 nitrogen and oxygen atoms in total. The van der Waals surface area contributed by atoms with E-state index in [1.165, 1.54) is 22.5 Å². The van der Waals surface area contributed by atoms with Crippen LogP contribution in [0.1, 0.15) is 35.5 Å². The average Bonchev–Trinajstić information content (AvgIpc) is 2.64. The Morgan fingerprint density at radius 1 is 1.28 bits per heavy atom. The zero-order valence-corrected chi connectivity index (χ0v) is 11.6. The molecule has 0 radical (unpaired) electrons. The van der Waals surface area contributed by atoms with Gasteiger partial charge in [-0.15, -0.1) is 0 Å². The van der Waals surface area contributed by atoms with E-state index in [0.29, 0.717) is 6.04 Å². The first kappa shape index (κ1) is 12.8. The van der Waals surface area contributed by atoms with Crippen LogP contribution >= 0.6 is 0 Å². The summed E-state index contributed by atoms with van der Waals surface area (Å²) >= 11 is 0. The Morgan fingerprint density at radius 3 is 2.50 bits per heavy atom. The van der Waals surface area contributed by atoms with Gasteiger partial charge >= 0.3 is 0 Å². The van der Waals surface area contributed by atoms with Crippen molar-refractivity contribution in [2.75, 3.05) is 0 Å². The van der Waals surface area contributed by atoms with E-state index < -0.39 is 0 Å². The quantitative estimate of drug-likeness (QED) is 0.895. The van der Waals surface area contributed by atoms with Crippen LogP contribution in [0, 0.1) is 13.8 Å². The molecule has 0 saturated carbocycles. The van der Waals surface area contributed by atoms with Crippen LogP contribution in [0.15, 0.2) is 30.6 Å². The van der Waals surface area contributed by atoms with Crippen molar-refractivity contribution in [1.29, 1.82) is 0 Å². The number of nitrogens with zero attached hydrogens (tertiary/aromatic N) is 2. The molecule has 0 amide bonds. The predicted molar refractivity (Wildman–Crippen MR) is 74.4 cm³/mol. The molecule has 18 heavy (non-hydrogen) atoms. The number of aromatic nitrogens is 2. The second-order valence-electron chi connectivity index (χ2n) is 4.84. The average molecular weight is 243 g/mol. The minimum Gasteiger partial charge on any atom is -0.352 e. The predicted octanol–water partition coefficient (Wildman–Crippen LogP) is 2.89. The first-order chi connectivity index (χ1) is 8.59. The molecule has 0 spiro atoms. The maximum atomic E-state index is 4.04. The first-order valence-corrected chi connectivity index (χ1v) is 6.34. The Morgan fingerprint density at radius 2 is 1.94 bits per heavy atom. The molecule has 0 aliphatic heterocycles. The summed E-state index contributed by atoms with van der Waals surface area (Å²) in [6, 6.07) is 6.70. The van der Waals surface area contributed by atoms with E-state index in [0.717, 1.165) is 6.54 Å². The van der Waals surface area contributed by atoms with E-state index in [-0.39, 0.29) is 0 Å². The van der Waals surface area contributed by atoms with Gasteiger partial charge in [-0.3, -0.25) is 4.98 Å². The van der Waals surface area contributed by atoms with Crippen LogP contribution in [0.4, 0.5) is 0 Å². The first-order valence-electron chi connectivity index (χ1n) is 6.34. The second-order valence-corrected chi connectivity index (χ2v) is 4.84. The zero-order valence-electron chi connectivity index (χ0n) is 11.6. The third kappa shape index (κ3) is 2.62. The fourth-order valence-electron chi connectivity index (χ4n) is 2.15. The lowest BCUT2D eigenvalue weighted by Gasteiger charge is -2.14. The fraction of sp³-hybridized carbons (Fsp3) is 0.400. The summed E-state index contributed by atoms with van der Waals surface area (Å²) in [7, 11) is 2.11. The Kier molecular flexibility index (Phi) is 3.82. The van der Waals surface area contributed by atoms with E-state index in [4.69, 9.17) is 0 Å². The van der Waals surface area contributed by atoms with Crippen molar-refractivity contribution < 1.29 is 0 Å². The van der Waals surface area contributed by atoms with Gasteiger partial charge in [0.2, 0.25) is 0 Å². The van der Waals surface area contributed by atoms with E-state index in [9.17, 15) is 0 Å². The van der Waals surface area contributed by atoms with Gasteiger partial charge in [-0.2, -0.15) is 0 Å². The molecule has 0 aliphatic carbocycles. The highest BCUT2D eigenvalue weighted by atomic mass is 15.0. The lowest BCUT2D eigenvalue weighted by atomic mass is 10.1. The van der Waals surface area contributed by atoms with Gasteiger partial charge in [0, 0.05) is 43.4 Å². The largest absolute Gasteiger partial charge is 0.352 e. The standard InChI is InChI=1S/C15H21N3/c1-11-9-15(13(3)18(11)4)10-17-12(2)14-5-7-16-8-6-14/h5-9,12,17H,10H2,1-4H3/t12-/m1/s1. The molecule has 96 valence electrons. The summed E-state index contributed by atoms with van der Waals surface area (Å²) < 4.78 is 2.23. The van der Waals surface area contributed by atoms with E-state index in [1.807, 2.05) is 12.4 Å². The molecule has 1 atom stereocenters. The topological polar surface area (TPSA) is 29.9 Å². The molecule has 3 heteroatoms. The number of hydrogen-bond donors (Lipinski definition) is 1. The molecule has 0 bridgehead atoms. The van der Waals surface area contributed by atoms with Crippen LogP contribution < -0.4 is 5.32 Å². The highest BCUT2D eigenvalue weighted by Crippen LogP contribution is 2.16. The van der Waals surface area contributed by atoms with Crippen molar-refractivity contribution in [3.05, 3.63) is 53.1 Å². The molecule has 2 rings (SSSR count). The van der Waals surface area contributed by atoms with Crippen molar-refractivity contribution in [3.8, 4) is 0 Å². The van der Waals surface area contributed by atoms with Crippen molar-refractivity contribution in [3.63, 3.8) is 0 Å². The molecule has 2 aromatic rings. The number of nitrogens with one attached hydrogen (secondary N) is 1. The van der Waals surface area contributed by atoms with Gasteiger partial charge in [0.05, 0.1) is 0 Å². The Balaban J connectivity index is 2.02. The van der Waals surface area contributed by atoms with Crippen LogP contribution in [0.5, 0.6) is 0 Å². The Labute approximate surface area is 109 Å². The fourth-order valence-corrected chi connectivity index (χ4v) is 2.15. The maximum absolute atomic E-state index is 4.04.